The van der Waals surface area contributed by atoms with Crippen LogP contribution >= 0.6 is 23.5 Å². The zero-order valence-corrected chi connectivity index (χ0v) is 17.0. The molecule has 0 saturated heterocycles. The van der Waals surface area contributed by atoms with E-state index in [0.717, 1.165) is 10.6 Å². The third-order valence-electron chi connectivity index (χ3n) is 4.93. The van der Waals surface area contributed by atoms with Crippen LogP contribution in [0.2, 0.25) is 0 Å². The van der Waals surface area contributed by atoms with Crippen molar-refractivity contribution in [3.05, 3.63) is 83.2 Å². The van der Waals surface area contributed by atoms with Crippen LogP contribution in [0, 0.1) is 0 Å². The highest BCUT2D eigenvalue weighted by Gasteiger charge is 2.36. The third kappa shape index (κ3) is 3.41. The number of hydrogen-bond acceptors (Lipinski definition) is 5. The molecule has 2 heterocycles. The molecule has 1 aliphatic heterocycles. The Labute approximate surface area is 175 Å². The first-order chi connectivity index (χ1) is 14.2. The summed E-state index contributed by atoms with van der Waals surface area (Å²) in [4.78, 5) is 35.8. The summed E-state index contributed by atoms with van der Waals surface area (Å²) in [6, 6.07) is 15.2. The molecule has 0 bridgehead atoms. The second-order valence-electron chi connectivity index (χ2n) is 6.75. The molecule has 144 valence electrons. The third-order valence-corrected chi connectivity index (χ3v) is 7.10. The van der Waals surface area contributed by atoms with Crippen molar-refractivity contribution in [1.29, 1.82) is 0 Å². The smallest absolute Gasteiger partial charge is 0.259 e. The lowest BCUT2D eigenvalue weighted by Gasteiger charge is -2.40. The second-order valence-corrected chi connectivity index (χ2v) is 8.94. The Morgan fingerprint density at radius 2 is 1.90 bits per heavy atom. The summed E-state index contributed by atoms with van der Waals surface area (Å²) in [5.74, 6) is 0.189. The lowest BCUT2D eigenvalue weighted by Crippen LogP contribution is -2.48. The van der Waals surface area contributed by atoms with E-state index in [9.17, 15) is 9.59 Å². The summed E-state index contributed by atoms with van der Waals surface area (Å²) in [5.41, 5.74) is 1.38. The maximum atomic E-state index is 13.3. The van der Waals surface area contributed by atoms with Crippen molar-refractivity contribution >= 4 is 46.0 Å². The summed E-state index contributed by atoms with van der Waals surface area (Å²) >= 11 is 3.04. The van der Waals surface area contributed by atoms with Gasteiger partial charge in [0.15, 0.2) is 5.16 Å². The van der Waals surface area contributed by atoms with Crippen molar-refractivity contribution in [1.82, 2.24) is 9.97 Å². The summed E-state index contributed by atoms with van der Waals surface area (Å²) in [7, 11) is 0. The number of para-hydroxylation sites is 2. The van der Waals surface area contributed by atoms with Gasteiger partial charge in [0, 0.05) is 4.90 Å². The fraction of sp³-hybridized carbons (Fsp3) is 0.136. The molecular formula is C22H17N3O2S2. The monoisotopic (exact) mass is 419 g/mol. The molecule has 0 spiro atoms. The number of thioether (sulfide) groups is 2. The van der Waals surface area contributed by atoms with Crippen LogP contribution in [0.4, 0.5) is 5.69 Å². The molecule has 0 saturated carbocycles. The molecule has 7 heteroatoms. The number of benzene rings is 2. The number of anilines is 1. The number of aromatic amines is 1. The maximum absolute atomic E-state index is 13.3. The SMILES string of the molecule is O=C(CSc1nc2ccccc2c(=O)[nH]1)N1c2ccccc2S[C@H]2C=CC=C[C@@H]21. The standard InChI is InChI=1S/C22H17N3O2S2/c26-20(13-28-22-23-15-8-2-1-7-14(15)21(27)24-22)25-16-9-3-5-11-18(16)29-19-12-6-4-10-17(19)25/h1-12,16,18H,13H2,(H,23,24,27)/t16-,18-/m0/s1. The number of nitrogens with one attached hydrogen (secondary N) is 1. The molecule has 5 rings (SSSR count). The molecule has 0 fully saturated rings. The number of hydrogen-bond donors (Lipinski definition) is 1. The predicted molar refractivity (Wildman–Crippen MR) is 119 cm³/mol. The van der Waals surface area contributed by atoms with Crippen LogP contribution in [-0.2, 0) is 4.79 Å². The number of nitrogens with zero attached hydrogens (tertiary/aromatic N) is 2. The van der Waals surface area contributed by atoms with E-state index in [1.807, 2.05) is 47.4 Å². The quantitative estimate of drug-likeness (QED) is 0.513. The molecule has 1 amide bonds. The van der Waals surface area contributed by atoms with Gasteiger partial charge in [-0.05, 0) is 24.3 Å². The van der Waals surface area contributed by atoms with Crippen molar-refractivity contribution in [2.75, 3.05) is 10.7 Å². The van der Waals surface area contributed by atoms with Crippen molar-refractivity contribution in [3.8, 4) is 0 Å². The number of allylic oxidation sites excluding steroid dienone is 2. The van der Waals surface area contributed by atoms with E-state index in [1.165, 1.54) is 11.8 Å². The van der Waals surface area contributed by atoms with Crippen LogP contribution in [0.3, 0.4) is 0 Å². The molecule has 2 atom stereocenters. The molecule has 2 aliphatic rings. The molecule has 0 unspecified atom stereocenters. The Bertz CT molecular complexity index is 1220. The van der Waals surface area contributed by atoms with E-state index in [0.29, 0.717) is 16.1 Å². The lowest BCUT2D eigenvalue weighted by molar-refractivity contribution is -0.116. The van der Waals surface area contributed by atoms with Crippen LogP contribution in [0.15, 0.2) is 87.7 Å². The van der Waals surface area contributed by atoms with Crippen molar-refractivity contribution in [3.63, 3.8) is 0 Å². The number of carbonyl (C=O) groups excluding carboxylic acids is 1. The largest absolute Gasteiger partial charge is 0.302 e. The number of aromatic nitrogens is 2. The summed E-state index contributed by atoms with van der Waals surface area (Å²) in [5, 5.41) is 1.20. The highest BCUT2D eigenvalue weighted by Crippen LogP contribution is 2.43. The minimum atomic E-state index is -0.189. The van der Waals surface area contributed by atoms with Crippen molar-refractivity contribution in [2.24, 2.45) is 0 Å². The van der Waals surface area contributed by atoms with Crippen LogP contribution in [0.25, 0.3) is 10.9 Å². The first kappa shape index (κ1) is 18.3. The zero-order valence-electron chi connectivity index (χ0n) is 15.3. The normalized spacial score (nSPS) is 19.8. The first-order valence-electron chi connectivity index (χ1n) is 9.25. The molecule has 1 N–H and O–H groups in total. The van der Waals surface area contributed by atoms with Gasteiger partial charge in [0.2, 0.25) is 5.91 Å². The van der Waals surface area contributed by atoms with Gasteiger partial charge in [0.1, 0.15) is 0 Å². The molecule has 2 aromatic carbocycles. The van der Waals surface area contributed by atoms with Gasteiger partial charge in [-0.2, -0.15) is 0 Å². The van der Waals surface area contributed by atoms with Crippen LogP contribution < -0.4 is 10.5 Å². The van der Waals surface area contributed by atoms with Crippen molar-refractivity contribution in [2.45, 2.75) is 21.3 Å². The Kier molecular flexibility index (Phi) is 4.77. The van der Waals surface area contributed by atoms with Gasteiger partial charge < -0.3 is 9.88 Å². The van der Waals surface area contributed by atoms with Gasteiger partial charge in [-0.15, -0.1) is 11.8 Å². The first-order valence-corrected chi connectivity index (χ1v) is 11.1. The van der Waals surface area contributed by atoms with E-state index >= 15 is 0 Å². The van der Waals surface area contributed by atoms with Gasteiger partial charge in [-0.25, -0.2) is 4.98 Å². The van der Waals surface area contributed by atoms with Crippen LogP contribution in [-0.4, -0.2) is 32.9 Å². The minimum Gasteiger partial charge on any atom is -0.302 e. The number of carbonyl (C=O) groups is 1. The Hall–Kier alpha value is -2.77. The van der Waals surface area contributed by atoms with E-state index in [4.69, 9.17) is 0 Å². The average molecular weight is 420 g/mol. The summed E-state index contributed by atoms with van der Waals surface area (Å²) in [6.07, 6.45) is 8.24. The number of fused-ring (bicyclic) bond motifs is 3. The van der Waals surface area contributed by atoms with E-state index in [2.05, 4.69) is 28.2 Å². The number of rotatable bonds is 3. The second kappa shape index (κ2) is 7.57. The molecule has 3 aromatic rings. The van der Waals surface area contributed by atoms with Crippen LogP contribution in [0.1, 0.15) is 0 Å². The molecule has 1 aliphatic carbocycles. The summed E-state index contributed by atoms with van der Waals surface area (Å²) < 4.78 is 0. The molecule has 29 heavy (non-hydrogen) atoms. The Morgan fingerprint density at radius 1 is 1.10 bits per heavy atom. The van der Waals surface area contributed by atoms with E-state index in [1.54, 1.807) is 23.9 Å². The number of H-pyrrole nitrogens is 1. The Balaban J connectivity index is 1.42. The van der Waals surface area contributed by atoms with Gasteiger partial charge in [0.05, 0.1) is 33.6 Å². The average Bonchev–Trinajstić information content (AvgIpc) is 2.76. The van der Waals surface area contributed by atoms with E-state index < -0.39 is 0 Å². The number of amides is 1. The fourth-order valence-corrected chi connectivity index (χ4v) is 5.60. The molecule has 1 aromatic heterocycles. The molecule has 5 nitrogen and oxygen atoms in total. The lowest BCUT2D eigenvalue weighted by atomic mass is 10.0. The fourth-order valence-electron chi connectivity index (χ4n) is 3.61. The van der Waals surface area contributed by atoms with Crippen LogP contribution in [0.5, 0.6) is 0 Å². The predicted octanol–water partition coefficient (Wildman–Crippen LogP) is 4.02. The highest BCUT2D eigenvalue weighted by molar-refractivity contribution is 8.00. The van der Waals surface area contributed by atoms with Gasteiger partial charge in [-0.3, -0.25) is 9.59 Å². The highest BCUT2D eigenvalue weighted by atomic mass is 32.2. The van der Waals surface area contributed by atoms with Gasteiger partial charge >= 0.3 is 0 Å². The van der Waals surface area contributed by atoms with Gasteiger partial charge in [-0.1, -0.05) is 60.3 Å². The zero-order chi connectivity index (χ0) is 19.8. The summed E-state index contributed by atoms with van der Waals surface area (Å²) in [6.45, 7) is 0. The topological polar surface area (TPSA) is 66.1 Å². The van der Waals surface area contributed by atoms with Crippen molar-refractivity contribution < 1.29 is 4.79 Å². The maximum Gasteiger partial charge on any atom is 0.259 e. The minimum absolute atomic E-state index is 0.00601. The molecule has 0 radical (unpaired) electrons. The Morgan fingerprint density at radius 3 is 2.83 bits per heavy atom. The molecular weight excluding hydrogens is 402 g/mol. The van der Waals surface area contributed by atoms with E-state index in [-0.39, 0.29) is 28.5 Å². The van der Waals surface area contributed by atoms with Gasteiger partial charge in [0.25, 0.3) is 5.56 Å².